The second kappa shape index (κ2) is 5.44. The zero-order valence-corrected chi connectivity index (χ0v) is 11.8. The number of fused-ring (bicyclic) bond motifs is 1. The van der Waals surface area contributed by atoms with Crippen molar-refractivity contribution in [2.45, 2.75) is 13.3 Å². The summed E-state index contributed by atoms with van der Waals surface area (Å²) in [5, 5.41) is 3.31. The Bertz CT molecular complexity index is 736. The van der Waals surface area contributed by atoms with E-state index in [0.717, 1.165) is 30.0 Å². The SMILES string of the molecule is Cc1cc(=O)c(C(=O)N2CCCNc3ccccc32)c[nH]1. The number of carbonyl (C=O) groups is 1. The summed E-state index contributed by atoms with van der Waals surface area (Å²) >= 11 is 0. The number of H-pyrrole nitrogens is 1. The lowest BCUT2D eigenvalue weighted by Gasteiger charge is -2.22. The van der Waals surface area contributed by atoms with Crippen LogP contribution in [0.1, 0.15) is 22.5 Å². The number of para-hydroxylation sites is 2. The lowest BCUT2D eigenvalue weighted by atomic mass is 10.2. The van der Waals surface area contributed by atoms with E-state index < -0.39 is 0 Å². The minimum Gasteiger partial charge on any atom is -0.383 e. The smallest absolute Gasteiger partial charge is 0.263 e. The molecular weight excluding hydrogens is 266 g/mol. The Morgan fingerprint density at radius 1 is 1.29 bits per heavy atom. The van der Waals surface area contributed by atoms with Crippen LogP contribution in [-0.4, -0.2) is 24.0 Å². The Labute approximate surface area is 122 Å². The first-order chi connectivity index (χ1) is 10.2. The number of aromatic amines is 1. The third kappa shape index (κ3) is 2.54. The van der Waals surface area contributed by atoms with Gasteiger partial charge in [-0.3, -0.25) is 9.59 Å². The van der Waals surface area contributed by atoms with Crippen molar-refractivity contribution in [3.63, 3.8) is 0 Å². The van der Waals surface area contributed by atoms with Crippen LogP contribution in [0.3, 0.4) is 0 Å². The number of amides is 1. The van der Waals surface area contributed by atoms with Gasteiger partial charge in [0.05, 0.1) is 11.4 Å². The standard InChI is InChI=1S/C16H17N3O2/c1-11-9-15(20)12(10-18-11)16(21)19-8-4-7-17-13-5-2-3-6-14(13)19/h2-3,5-6,9-10,17H,4,7-8H2,1H3,(H,18,20). The molecule has 5 heteroatoms. The van der Waals surface area contributed by atoms with Crippen LogP contribution in [0.5, 0.6) is 0 Å². The third-order valence-electron chi connectivity index (χ3n) is 3.60. The van der Waals surface area contributed by atoms with Gasteiger partial charge in [0.2, 0.25) is 0 Å². The summed E-state index contributed by atoms with van der Waals surface area (Å²) in [6.45, 7) is 3.20. The summed E-state index contributed by atoms with van der Waals surface area (Å²) in [5.74, 6) is -0.257. The van der Waals surface area contributed by atoms with Gasteiger partial charge in [-0.1, -0.05) is 12.1 Å². The largest absolute Gasteiger partial charge is 0.383 e. The molecule has 1 aromatic heterocycles. The van der Waals surface area contributed by atoms with E-state index in [1.807, 2.05) is 24.3 Å². The van der Waals surface area contributed by atoms with Crippen LogP contribution in [0.15, 0.2) is 41.3 Å². The van der Waals surface area contributed by atoms with E-state index in [-0.39, 0.29) is 16.9 Å². The highest BCUT2D eigenvalue weighted by atomic mass is 16.2. The van der Waals surface area contributed by atoms with Crippen LogP contribution in [0.2, 0.25) is 0 Å². The van der Waals surface area contributed by atoms with E-state index in [1.54, 1.807) is 11.8 Å². The summed E-state index contributed by atoms with van der Waals surface area (Å²) in [6, 6.07) is 9.12. The number of rotatable bonds is 1. The lowest BCUT2D eigenvalue weighted by molar-refractivity contribution is 0.0986. The second-order valence-electron chi connectivity index (χ2n) is 5.15. The maximum atomic E-state index is 12.7. The van der Waals surface area contributed by atoms with Crippen molar-refractivity contribution in [2.24, 2.45) is 0 Å². The van der Waals surface area contributed by atoms with Crippen molar-refractivity contribution in [1.82, 2.24) is 4.98 Å². The Morgan fingerprint density at radius 2 is 2.10 bits per heavy atom. The zero-order valence-electron chi connectivity index (χ0n) is 11.8. The van der Waals surface area contributed by atoms with Crippen LogP contribution in [-0.2, 0) is 0 Å². The van der Waals surface area contributed by atoms with Gasteiger partial charge < -0.3 is 15.2 Å². The van der Waals surface area contributed by atoms with Gasteiger partial charge in [0.25, 0.3) is 5.91 Å². The van der Waals surface area contributed by atoms with Crippen LogP contribution in [0.25, 0.3) is 0 Å². The summed E-state index contributed by atoms with van der Waals surface area (Å²) < 4.78 is 0. The number of aryl methyl sites for hydroxylation is 1. The Morgan fingerprint density at radius 3 is 2.90 bits per heavy atom. The molecule has 0 unspecified atom stereocenters. The highest BCUT2D eigenvalue weighted by molar-refractivity contribution is 6.07. The van der Waals surface area contributed by atoms with Gasteiger partial charge >= 0.3 is 0 Å². The number of nitrogens with one attached hydrogen (secondary N) is 2. The lowest BCUT2D eigenvalue weighted by Crippen LogP contribution is -2.34. The molecular formula is C16H17N3O2. The molecule has 0 atom stereocenters. The van der Waals surface area contributed by atoms with Crippen molar-refractivity contribution in [3.8, 4) is 0 Å². The third-order valence-corrected chi connectivity index (χ3v) is 3.60. The molecule has 0 spiro atoms. The molecule has 0 fully saturated rings. The van der Waals surface area contributed by atoms with Crippen molar-refractivity contribution >= 4 is 17.3 Å². The molecule has 1 amide bonds. The van der Waals surface area contributed by atoms with Gasteiger partial charge in [-0.2, -0.15) is 0 Å². The minimum absolute atomic E-state index is 0.178. The summed E-state index contributed by atoms with van der Waals surface area (Å²) in [7, 11) is 0. The molecule has 108 valence electrons. The van der Waals surface area contributed by atoms with E-state index >= 15 is 0 Å². The topological polar surface area (TPSA) is 65.2 Å². The first kappa shape index (κ1) is 13.4. The van der Waals surface area contributed by atoms with E-state index in [2.05, 4.69) is 10.3 Å². The minimum atomic E-state index is -0.257. The molecule has 1 aromatic carbocycles. The fourth-order valence-electron chi connectivity index (χ4n) is 2.54. The van der Waals surface area contributed by atoms with E-state index in [4.69, 9.17) is 0 Å². The highest BCUT2D eigenvalue weighted by Gasteiger charge is 2.23. The Kier molecular flexibility index (Phi) is 3.48. The zero-order chi connectivity index (χ0) is 14.8. The van der Waals surface area contributed by atoms with Crippen LogP contribution < -0.4 is 15.6 Å². The molecule has 2 N–H and O–H groups in total. The average Bonchev–Trinajstić information content (AvgIpc) is 2.69. The molecule has 2 aromatic rings. The van der Waals surface area contributed by atoms with Crippen LogP contribution in [0, 0.1) is 6.92 Å². The summed E-state index contributed by atoms with van der Waals surface area (Å²) in [6.07, 6.45) is 2.34. The summed E-state index contributed by atoms with van der Waals surface area (Å²) in [4.78, 5) is 29.4. The molecule has 2 heterocycles. The van der Waals surface area contributed by atoms with E-state index in [9.17, 15) is 9.59 Å². The monoisotopic (exact) mass is 283 g/mol. The number of carbonyl (C=O) groups excluding carboxylic acids is 1. The van der Waals surface area contributed by atoms with Crippen molar-refractivity contribution in [1.29, 1.82) is 0 Å². The molecule has 5 nitrogen and oxygen atoms in total. The maximum Gasteiger partial charge on any atom is 0.263 e. The van der Waals surface area contributed by atoms with Gasteiger partial charge in [0.1, 0.15) is 5.56 Å². The quantitative estimate of drug-likeness (QED) is 0.842. The first-order valence-corrected chi connectivity index (χ1v) is 7.01. The van der Waals surface area contributed by atoms with Crippen molar-refractivity contribution < 1.29 is 4.79 Å². The van der Waals surface area contributed by atoms with Gasteiger partial charge in [-0.25, -0.2) is 0 Å². The molecule has 1 aliphatic rings. The average molecular weight is 283 g/mol. The fourth-order valence-corrected chi connectivity index (χ4v) is 2.54. The number of hydrogen-bond acceptors (Lipinski definition) is 3. The number of benzene rings is 1. The Balaban J connectivity index is 2.03. The number of pyridine rings is 1. The highest BCUT2D eigenvalue weighted by Crippen LogP contribution is 2.28. The molecule has 0 saturated carbocycles. The van der Waals surface area contributed by atoms with Gasteiger partial charge in [-0.05, 0) is 25.5 Å². The molecule has 21 heavy (non-hydrogen) atoms. The van der Waals surface area contributed by atoms with E-state index in [0.29, 0.717) is 6.54 Å². The van der Waals surface area contributed by atoms with Gasteiger partial charge in [-0.15, -0.1) is 0 Å². The molecule has 0 radical (unpaired) electrons. The predicted molar refractivity (Wildman–Crippen MR) is 83.0 cm³/mol. The first-order valence-electron chi connectivity index (χ1n) is 7.01. The Hall–Kier alpha value is -2.56. The number of aromatic nitrogens is 1. The normalized spacial score (nSPS) is 14.0. The van der Waals surface area contributed by atoms with Crippen LogP contribution in [0.4, 0.5) is 11.4 Å². The predicted octanol–water partition coefficient (Wildman–Crippen LogP) is 2.15. The molecule has 0 bridgehead atoms. The summed E-state index contributed by atoms with van der Waals surface area (Å²) in [5.41, 5.74) is 2.42. The number of anilines is 2. The van der Waals surface area contributed by atoms with Gasteiger partial charge in [0, 0.05) is 31.0 Å². The van der Waals surface area contributed by atoms with Gasteiger partial charge in [0.15, 0.2) is 5.43 Å². The molecule has 3 rings (SSSR count). The maximum absolute atomic E-state index is 12.7. The number of hydrogen-bond donors (Lipinski definition) is 2. The van der Waals surface area contributed by atoms with E-state index in [1.165, 1.54) is 12.3 Å². The molecule has 1 aliphatic heterocycles. The molecule has 0 saturated heterocycles. The molecule has 0 aliphatic carbocycles. The van der Waals surface area contributed by atoms with Crippen molar-refractivity contribution in [2.75, 3.05) is 23.3 Å². The fraction of sp³-hybridized carbons (Fsp3) is 0.250. The second-order valence-corrected chi connectivity index (χ2v) is 5.15. The van der Waals surface area contributed by atoms with Crippen LogP contribution >= 0.6 is 0 Å². The van der Waals surface area contributed by atoms with Crippen molar-refractivity contribution in [3.05, 3.63) is 58.0 Å². The number of nitrogens with zero attached hydrogens (tertiary/aromatic N) is 1.